The molecule has 2 N–H and O–H groups in total. The number of hydrogen-bond donors (Lipinski definition) is 2. The molecule has 0 unspecified atom stereocenters. The van der Waals surface area contributed by atoms with E-state index in [1.165, 1.54) is 12.3 Å². The lowest BCUT2D eigenvalue weighted by atomic mass is 10.2. The first-order valence-corrected chi connectivity index (χ1v) is 8.73. The fourth-order valence-corrected chi connectivity index (χ4v) is 2.96. The summed E-state index contributed by atoms with van der Waals surface area (Å²) in [5.74, 6) is -0.0415. The Labute approximate surface area is 160 Å². The molecule has 0 bridgehead atoms. The molecule has 0 saturated heterocycles. The summed E-state index contributed by atoms with van der Waals surface area (Å²) < 4.78 is 6.39. The lowest BCUT2D eigenvalue weighted by Gasteiger charge is -2.10. The van der Waals surface area contributed by atoms with Crippen LogP contribution in [0.3, 0.4) is 0 Å². The zero-order chi connectivity index (χ0) is 18.8. The average molecular weight is 439 g/mol. The Bertz CT molecular complexity index is 1140. The van der Waals surface area contributed by atoms with Crippen molar-refractivity contribution in [1.82, 2.24) is 9.66 Å². The van der Waals surface area contributed by atoms with Gasteiger partial charge in [0.15, 0.2) is 11.5 Å². The van der Waals surface area contributed by atoms with Crippen molar-refractivity contribution in [1.29, 1.82) is 0 Å². The van der Waals surface area contributed by atoms with E-state index < -0.39 is 11.2 Å². The van der Waals surface area contributed by atoms with Crippen molar-refractivity contribution < 1.29 is 9.84 Å². The third-order valence-corrected chi connectivity index (χ3v) is 5.02. The van der Waals surface area contributed by atoms with Gasteiger partial charge in [0.05, 0.1) is 23.7 Å². The third-order valence-electron chi connectivity index (χ3n) is 3.57. The van der Waals surface area contributed by atoms with E-state index >= 15 is 0 Å². The number of phenolic OH excluding ortho intramolecular Hbond substituents is 1. The van der Waals surface area contributed by atoms with Crippen LogP contribution in [0.2, 0.25) is 5.02 Å². The van der Waals surface area contributed by atoms with Gasteiger partial charge in [-0.2, -0.15) is 5.10 Å². The monoisotopic (exact) mass is 437 g/mol. The zero-order valence-electron chi connectivity index (χ0n) is 13.5. The van der Waals surface area contributed by atoms with Crippen LogP contribution >= 0.6 is 27.5 Å². The Morgan fingerprint density at radius 1 is 1.38 bits per heavy atom. The smallest absolute Gasteiger partial charge is 0.349 e. The topological polar surface area (TPSA) is 96.7 Å². The first kappa shape index (κ1) is 18.2. The van der Waals surface area contributed by atoms with E-state index in [4.69, 9.17) is 16.3 Å². The molecule has 3 aromatic rings. The molecule has 0 saturated carbocycles. The number of H-pyrrole nitrogens is 1. The highest BCUT2D eigenvalue weighted by atomic mass is 79.9. The summed E-state index contributed by atoms with van der Waals surface area (Å²) in [5.41, 5.74) is -0.361. The molecule has 9 heteroatoms. The highest BCUT2D eigenvalue weighted by Gasteiger charge is 2.15. The molecule has 3 rings (SSSR count). The molecule has 2 aromatic carbocycles. The van der Waals surface area contributed by atoms with Crippen LogP contribution in [0.1, 0.15) is 12.5 Å². The summed E-state index contributed by atoms with van der Waals surface area (Å²) in [4.78, 5) is 27.2. The number of halogens is 2. The molecule has 0 amide bonds. The zero-order valence-corrected chi connectivity index (χ0v) is 15.8. The number of hydrogen-bond acceptors (Lipinski definition) is 5. The number of rotatable bonds is 4. The van der Waals surface area contributed by atoms with E-state index in [0.29, 0.717) is 27.5 Å². The fourth-order valence-electron chi connectivity index (χ4n) is 2.35. The van der Waals surface area contributed by atoms with Gasteiger partial charge in [0.1, 0.15) is 5.02 Å². The van der Waals surface area contributed by atoms with Crippen LogP contribution in [-0.2, 0) is 0 Å². The predicted molar refractivity (Wildman–Crippen MR) is 104 cm³/mol. The summed E-state index contributed by atoms with van der Waals surface area (Å²) in [7, 11) is 0. The standard InChI is InChI=1S/C17H13BrClN3O4/c1-2-26-12-7-9(13(18)14(19)15(12)23)8-20-22-16(24)10-5-3-4-6-11(10)21-17(22)25/h3-8,23H,2H2,1H3,(H,21,25)/b20-8+. The minimum absolute atomic E-state index is 0.0390. The van der Waals surface area contributed by atoms with Gasteiger partial charge in [-0.3, -0.25) is 4.79 Å². The molecule has 0 spiro atoms. The van der Waals surface area contributed by atoms with Crippen LogP contribution in [0.5, 0.6) is 11.5 Å². The Kier molecular flexibility index (Phi) is 5.15. The highest BCUT2D eigenvalue weighted by Crippen LogP contribution is 2.41. The summed E-state index contributed by atoms with van der Waals surface area (Å²) in [6.45, 7) is 2.09. The second kappa shape index (κ2) is 7.35. The van der Waals surface area contributed by atoms with Gasteiger partial charge in [-0.25, -0.2) is 4.79 Å². The molecule has 1 heterocycles. The molecule has 0 atom stereocenters. The number of aromatic amines is 1. The number of phenols is 1. The highest BCUT2D eigenvalue weighted by molar-refractivity contribution is 9.10. The summed E-state index contributed by atoms with van der Waals surface area (Å²) in [6.07, 6.45) is 1.28. The van der Waals surface area contributed by atoms with Gasteiger partial charge in [-0.1, -0.05) is 23.7 Å². The van der Waals surface area contributed by atoms with Gasteiger partial charge >= 0.3 is 5.69 Å². The van der Waals surface area contributed by atoms with Crippen molar-refractivity contribution in [2.24, 2.45) is 5.10 Å². The van der Waals surface area contributed by atoms with Gasteiger partial charge in [-0.15, -0.1) is 4.68 Å². The number of aromatic hydroxyl groups is 1. The van der Waals surface area contributed by atoms with E-state index in [2.05, 4.69) is 26.0 Å². The van der Waals surface area contributed by atoms with E-state index in [-0.39, 0.29) is 16.5 Å². The minimum Gasteiger partial charge on any atom is -0.503 e. The molecular weight excluding hydrogens is 426 g/mol. The summed E-state index contributed by atoms with van der Waals surface area (Å²) in [5, 5.41) is 14.3. The van der Waals surface area contributed by atoms with Crippen LogP contribution in [-0.4, -0.2) is 27.6 Å². The van der Waals surface area contributed by atoms with Crippen molar-refractivity contribution in [3.05, 3.63) is 66.2 Å². The third kappa shape index (κ3) is 3.25. The van der Waals surface area contributed by atoms with E-state index in [9.17, 15) is 14.7 Å². The SMILES string of the molecule is CCOc1cc(/C=N/n2c(=O)[nH]c3ccccc3c2=O)c(Br)c(Cl)c1O. The van der Waals surface area contributed by atoms with Crippen LogP contribution in [0.4, 0.5) is 0 Å². The number of nitrogens with zero attached hydrogens (tertiary/aromatic N) is 2. The average Bonchev–Trinajstić information content (AvgIpc) is 2.63. The molecule has 7 nitrogen and oxygen atoms in total. The maximum absolute atomic E-state index is 12.5. The summed E-state index contributed by atoms with van der Waals surface area (Å²) in [6, 6.07) is 8.15. The number of ether oxygens (including phenoxy) is 1. The maximum Gasteiger partial charge on any atom is 0.349 e. The number of nitrogens with one attached hydrogen (secondary N) is 1. The molecule has 26 heavy (non-hydrogen) atoms. The lowest BCUT2D eigenvalue weighted by molar-refractivity contribution is 0.318. The number of aromatic nitrogens is 2. The van der Waals surface area contributed by atoms with E-state index in [1.54, 1.807) is 31.2 Å². The maximum atomic E-state index is 12.5. The molecule has 1 aromatic heterocycles. The first-order valence-electron chi connectivity index (χ1n) is 7.56. The van der Waals surface area contributed by atoms with Crippen LogP contribution in [0.25, 0.3) is 10.9 Å². The van der Waals surface area contributed by atoms with Crippen LogP contribution in [0.15, 0.2) is 49.5 Å². The van der Waals surface area contributed by atoms with Crippen molar-refractivity contribution in [2.45, 2.75) is 6.92 Å². The van der Waals surface area contributed by atoms with Crippen molar-refractivity contribution >= 4 is 44.6 Å². The Morgan fingerprint density at radius 2 is 2.12 bits per heavy atom. The first-order chi connectivity index (χ1) is 12.4. The second-order valence-electron chi connectivity index (χ2n) is 5.21. The van der Waals surface area contributed by atoms with E-state index in [1.807, 2.05) is 0 Å². The van der Waals surface area contributed by atoms with Crippen LogP contribution in [0, 0.1) is 0 Å². The number of benzene rings is 2. The molecule has 134 valence electrons. The van der Waals surface area contributed by atoms with Gasteiger partial charge in [-0.05, 0) is 41.1 Å². The Morgan fingerprint density at radius 3 is 2.85 bits per heavy atom. The lowest BCUT2D eigenvalue weighted by Crippen LogP contribution is -2.32. The summed E-state index contributed by atoms with van der Waals surface area (Å²) >= 11 is 9.33. The molecular formula is C17H13BrClN3O4. The largest absolute Gasteiger partial charge is 0.503 e. The normalized spacial score (nSPS) is 11.3. The molecule has 0 radical (unpaired) electrons. The van der Waals surface area contributed by atoms with Gasteiger partial charge in [0, 0.05) is 10.0 Å². The van der Waals surface area contributed by atoms with Crippen molar-refractivity contribution in [2.75, 3.05) is 6.61 Å². The predicted octanol–water partition coefficient (Wildman–Crippen LogP) is 3.09. The van der Waals surface area contributed by atoms with Gasteiger partial charge in [0.25, 0.3) is 5.56 Å². The quantitative estimate of drug-likeness (QED) is 0.612. The van der Waals surface area contributed by atoms with E-state index in [0.717, 1.165) is 4.68 Å². The molecule has 0 aliphatic rings. The minimum atomic E-state index is -0.670. The van der Waals surface area contributed by atoms with Crippen molar-refractivity contribution in [3.8, 4) is 11.5 Å². The van der Waals surface area contributed by atoms with Crippen molar-refractivity contribution in [3.63, 3.8) is 0 Å². The molecule has 0 aliphatic heterocycles. The van der Waals surface area contributed by atoms with Gasteiger partial charge in [0.2, 0.25) is 0 Å². The Hall–Kier alpha value is -2.58. The number of para-hydroxylation sites is 1. The molecule has 0 fully saturated rings. The Balaban J connectivity index is 2.13. The van der Waals surface area contributed by atoms with Crippen LogP contribution < -0.4 is 16.0 Å². The fraction of sp³-hybridized carbons (Fsp3) is 0.118. The number of fused-ring (bicyclic) bond motifs is 1. The molecule has 0 aliphatic carbocycles. The van der Waals surface area contributed by atoms with Gasteiger partial charge < -0.3 is 14.8 Å². The second-order valence-corrected chi connectivity index (χ2v) is 6.38.